The van der Waals surface area contributed by atoms with Crippen LogP contribution in [-0.2, 0) is 11.3 Å². The maximum atomic E-state index is 10.4. The number of carboxylic acid groups (broad SMARTS) is 1. The molecule has 0 aromatic carbocycles. The zero-order valence-electron chi connectivity index (χ0n) is 8.11. The average molecular weight is 256 g/mol. The van der Waals surface area contributed by atoms with Crippen LogP contribution in [0.5, 0.6) is 0 Å². The maximum Gasteiger partial charge on any atom is 0.313 e. The van der Waals surface area contributed by atoms with Gasteiger partial charge in [-0.1, -0.05) is 11.8 Å². The van der Waals surface area contributed by atoms with Crippen LogP contribution in [0.4, 0.5) is 0 Å². The van der Waals surface area contributed by atoms with Gasteiger partial charge >= 0.3 is 5.97 Å². The molecule has 2 aromatic heterocycles. The Hall–Kier alpha value is -1.41. The normalized spacial score (nSPS) is 10.5. The third kappa shape index (κ3) is 2.80. The minimum atomic E-state index is -0.864. The highest BCUT2D eigenvalue weighted by Gasteiger charge is 2.08. The summed E-state index contributed by atoms with van der Waals surface area (Å²) in [6, 6.07) is 0. The fraction of sp³-hybridized carbons (Fsp3) is 0.250. The minimum Gasteiger partial charge on any atom is -0.481 e. The lowest BCUT2D eigenvalue weighted by molar-refractivity contribution is -0.133. The number of hydrogen-bond donors (Lipinski definition) is 1. The molecule has 0 bridgehead atoms. The summed E-state index contributed by atoms with van der Waals surface area (Å²) in [7, 11) is 0. The van der Waals surface area contributed by atoms with Gasteiger partial charge in [0.15, 0.2) is 5.16 Å². The highest BCUT2D eigenvalue weighted by atomic mass is 32.2. The molecule has 1 N–H and O–H groups in total. The molecule has 0 radical (unpaired) electrons. The van der Waals surface area contributed by atoms with Gasteiger partial charge in [0, 0.05) is 11.1 Å². The summed E-state index contributed by atoms with van der Waals surface area (Å²) in [6.45, 7) is 0.625. The van der Waals surface area contributed by atoms with Gasteiger partial charge < -0.3 is 9.67 Å². The standard InChI is InChI=1S/C8H8N4O2S2/c13-7(14)3-15-8-11-10-4-12(8)2-6-1-9-5-16-6/h1,4-5H,2-3H2,(H,13,14). The third-order valence-electron chi connectivity index (χ3n) is 1.71. The predicted octanol–water partition coefficient (Wildman–Crippen LogP) is 0.960. The van der Waals surface area contributed by atoms with Gasteiger partial charge in [0.25, 0.3) is 0 Å². The lowest BCUT2D eigenvalue weighted by Crippen LogP contribution is -2.02. The smallest absolute Gasteiger partial charge is 0.313 e. The Morgan fingerprint density at radius 1 is 1.62 bits per heavy atom. The van der Waals surface area contributed by atoms with E-state index in [9.17, 15) is 4.79 Å². The second kappa shape index (κ2) is 5.08. The molecule has 6 nitrogen and oxygen atoms in total. The zero-order valence-corrected chi connectivity index (χ0v) is 9.74. The number of carbonyl (C=O) groups is 1. The first-order valence-electron chi connectivity index (χ1n) is 4.35. The molecular weight excluding hydrogens is 248 g/mol. The molecule has 0 aliphatic heterocycles. The molecule has 0 fully saturated rings. The summed E-state index contributed by atoms with van der Waals surface area (Å²) >= 11 is 2.70. The fourth-order valence-electron chi connectivity index (χ4n) is 1.08. The molecule has 2 aromatic rings. The number of aromatic nitrogens is 4. The van der Waals surface area contributed by atoms with Crippen LogP contribution in [0.25, 0.3) is 0 Å². The van der Waals surface area contributed by atoms with E-state index in [0.29, 0.717) is 11.7 Å². The van der Waals surface area contributed by atoms with Gasteiger partial charge in [0.05, 0.1) is 17.8 Å². The molecule has 0 aliphatic carbocycles. The van der Waals surface area contributed by atoms with Gasteiger partial charge in [-0.2, -0.15) is 0 Å². The number of rotatable bonds is 5. The summed E-state index contributed by atoms with van der Waals surface area (Å²) < 4.78 is 1.81. The maximum absolute atomic E-state index is 10.4. The van der Waals surface area contributed by atoms with Crippen LogP contribution in [0.1, 0.15) is 4.88 Å². The molecule has 2 rings (SSSR count). The molecule has 0 amide bonds. The number of thiazole rings is 1. The Morgan fingerprint density at radius 3 is 3.19 bits per heavy atom. The van der Waals surface area contributed by atoms with Crippen LogP contribution in [0.2, 0.25) is 0 Å². The Morgan fingerprint density at radius 2 is 2.50 bits per heavy atom. The number of nitrogens with zero attached hydrogens (tertiary/aromatic N) is 4. The van der Waals surface area contributed by atoms with Crippen LogP contribution < -0.4 is 0 Å². The Balaban J connectivity index is 2.04. The largest absolute Gasteiger partial charge is 0.481 e. The molecule has 16 heavy (non-hydrogen) atoms. The van der Waals surface area contributed by atoms with Gasteiger partial charge in [-0.3, -0.25) is 9.78 Å². The van der Waals surface area contributed by atoms with Crippen LogP contribution in [0, 0.1) is 0 Å². The molecular formula is C8H8N4O2S2. The van der Waals surface area contributed by atoms with Gasteiger partial charge in [-0.15, -0.1) is 21.5 Å². The summed E-state index contributed by atoms with van der Waals surface area (Å²) in [5.41, 5.74) is 1.75. The van der Waals surface area contributed by atoms with Gasteiger partial charge in [0.2, 0.25) is 0 Å². The van der Waals surface area contributed by atoms with Crippen molar-refractivity contribution in [2.24, 2.45) is 0 Å². The van der Waals surface area contributed by atoms with Crippen molar-refractivity contribution in [2.45, 2.75) is 11.7 Å². The highest BCUT2D eigenvalue weighted by Crippen LogP contribution is 2.17. The Bertz CT molecular complexity index is 468. The summed E-state index contributed by atoms with van der Waals surface area (Å²) in [5, 5.41) is 16.8. The summed E-state index contributed by atoms with van der Waals surface area (Å²) in [4.78, 5) is 15.5. The molecule has 0 atom stereocenters. The monoisotopic (exact) mass is 256 g/mol. The summed E-state index contributed by atoms with van der Waals surface area (Å²) in [6.07, 6.45) is 3.36. The molecule has 0 unspecified atom stereocenters. The summed E-state index contributed by atoms with van der Waals surface area (Å²) in [5.74, 6) is -0.876. The number of thioether (sulfide) groups is 1. The van der Waals surface area contributed by atoms with E-state index >= 15 is 0 Å². The van der Waals surface area contributed by atoms with E-state index in [-0.39, 0.29) is 5.75 Å². The van der Waals surface area contributed by atoms with Gasteiger partial charge in [0.1, 0.15) is 6.33 Å². The van der Waals surface area contributed by atoms with Crippen molar-refractivity contribution in [1.29, 1.82) is 0 Å². The van der Waals surface area contributed by atoms with E-state index in [1.165, 1.54) is 0 Å². The fourth-order valence-corrected chi connectivity index (χ4v) is 2.31. The lowest BCUT2D eigenvalue weighted by Gasteiger charge is -2.02. The first-order valence-corrected chi connectivity index (χ1v) is 6.22. The molecule has 8 heteroatoms. The Labute approximate surface area is 99.3 Å². The van der Waals surface area contributed by atoms with Crippen LogP contribution in [-0.4, -0.2) is 36.6 Å². The van der Waals surface area contributed by atoms with E-state index < -0.39 is 5.97 Å². The topological polar surface area (TPSA) is 80.9 Å². The first-order chi connectivity index (χ1) is 7.75. The number of hydrogen-bond acceptors (Lipinski definition) is 6. The number of aliphatic carboxylic acids is 1. The minimum absolute atomic E-state index is 0.0125. The Kier molecular flexibility index (Phi) is 3.52. The van der Waals surface area contributed by atoms with Crippen molar-refractivity contribution in [1.82, 2.24) is 19.7 Å². The van der Waals surface area contributed by atoms with Crippen molar-refractivity contribution in [2.75, 3.05) is 5.75 Å². The molecule has 0 saturated carbocycles. The van der Waals surface area contributed by atoms with Crippen molar-refractivity contribution in [3.63, 3.8) is 0 Å². The van der Waals surface area contributed by atoms with Crippen molar-refractivity contribution in [3.05, 3.63) is 22.9 Å². The van der Waals surface area contributed by atoms with E-state index in [1.54, 1.807) is 33.9 Å². The molecule has 0 spiro atoms. The van der Waals surface area contributed by atoms with E-state index in [2.05, 4.69) is 15.2 Å². The van der Waals surface area contributed by atoms with Gasteiger partial charge in [-0.25, -0.2) is 0 Å². The van der Waals surface area contributed by atoms with Crippen molar-refractivity contribution in [3.8, 4) is 0 Å². The van der Waals surface area contributed by atoms with Gasteiger partial charge in [-0.05, 0) is 0 Å². The van der Waals surface area contributed by atoms with Crippen molar-refractivity contribution < 1.29 is 9.90 Å². The van der Waals surface area contributed by atoms with Crippen LogP contribution >= 0.6 is 23.1 Å². The first kappa shape index (κ1) is 11.1. The lowest BCUT2D eigenvalue weighted by atomic mass is 10.5. The average Bonchev–Trinajstić information content (AvgIpc) is 2.87. The van der Waals surface area contributed by atoms with E-state index in [0.717, 1.165) is 16.6 Å². The second-order valence-electron chi connectivity index (χ2n) is 2.89. The quantitative estimate of drug-likeness (QED) is 0.802. The molecule has 84 valence electrons. The van der Waals surface area contributed by atoms with Crippen molar-refractivity contribution >= 4 is 29.1 Å². The number of carboxylic acids is 1. The van der Waals surface area contributed by atoms with E-state index in [1.807, 2.05) is 0 Å². The second-order valence-corrected chi connectivity index (χ2v) is 4.80. The SMILES string of the molecule is O=C(O)CSc1nncn1Cc1cncs1. The predicted molar refractivity (Wildman–Crippen MR) is 59.6 cm³/mol. The molecule has 0 saturated heterocycles. The third-order valence-corrected chi connectivity index (χ3v) is 3.44. The molecule has 2 heterocycles. The van der Waals surface area contributed by atoms with E-state index in [4.69, 9.17) is 5.11 Å². The zero-order chi connectivity index (χ0) is 11.4. The van der Waals surface area contributed by atoms with Crippen LogP contribution in [0.15, 0.2) is 23.2 Å². The van der Waals surface area contributed by atoms with Crippen LogP contribution in [0.3, 0.4) is 0 Å². The highest BCUT2D eigenvalue weighted by molar-refractivity contribution is 7.99. The molecule has 0 aliphatic rings.